The second-order valence-electron chi connectivity index (χ2n) is 7.31. The Morgan fingerprint density at radius 1 is 0.588 bits per heavy atom. The van der Waals surface area contributed by atoms with Crippen LogP contribution in [0.15, 0.2) is 84.9 Å². The number of benzene rings is 4. The van der Waals surface area contributed by atoms with Gasteiger partial charge in [-0.05, 0) is 28.8 Å². The van der Waals surface area contributed by atoms with Crippen LogP contribution in [0.3, 0.4) is 0 Å². The highest BCUT2D eigenvalue weighted by molar-refractivity contribution is 5.91. The molecule has 0 saturated heterocycles. The Morgan fingerprint density at radius 2 is 0.971 bits per heavy atom. The summed E-state index contributed by atoms with van der Waals surface area (Å²) in [7, 11) is 0. The van der Waals surface area contributed by atoms with E-state index in [1.807, 2.05) is 0 Å². The molecule has 0 unspecified atom stereocenters. The minimum absolute atomic E-state index is 0.240. The number of hydrogen-bond donors (Lipinski definition) is 1. The molecule has 0 spiro atoms. The van der Waals surface area contributed by atoms with E-state index in [-0.39, 0.29) is 5.56 Å². The quantitative estimate of drug-likeness (QED) is 0.0989. The van der Waals surface area contributed by atoms with E-state index in [2.05, 4.69) is 4.74 Å². The van der Waals surface area contributed by atoms with Gasteiger partial charge >= 0.3 is 5.97 Å². The van der Waals surface area contributed by atoms with Crippen molar-refractivity contribution in [3.63, 3.8) is 0 Å². The van der Waals surface area contributed by atoms with Crippen LogP contribution < -0.4 is 4.74 Å². The first-order chi connectivity index (χ1) is 16.2. The summed E-state index contributed by atoms with van der Waals surface area (Å²) in [5.41, 5.74) is -0.406. The minimum atomic E-state index is -2.36. The number of halogens is 5. The number of ether oxygens (including phenoxy) is 1. The summed E-state index contributed by atoms with van der Waals surface area (Å²) in [6.45, 7) is 0. The first kappa shape index (κ1) is 23.1. The lowest BCUT2D eigenvalue weighted by atomic mass is 9.80. The largest absolute Gasteiger partial charge is 0.416 e. The lowest BCUT2D eigenvalue weighted by Gasteiger charge is -2.30. The molecule has 0 fully saturated rings. The summed E-state index contributed by atoms with van der Waals surface area (Å²) in [5.74, 6) is -14.4. The maximum absolute atomic E-state index is 13.8. The highest BCUT2D eigenvalue weighted by Gasteiger charge is 2.34. The predicted octanol–water partition coefficient (Wildman–Crippen LogP) is 5.89. The normalized spacial score (nSPS) is 11.4. The minimum Gasteiger partial charge on any atom is -0.416 e. The smallest absolute Gasteiger partial charge is 0.343 e. The summed E-state index contributed by atoms with van der Waals surface area (Å²) in [5, 5.41) is 11.7. The zero-order valence-corrected chi connectivity index (χ0v) is 17.2. The van der Waals surface area contributed by atoms with E-state index in [0.29, 0.717) is 16.7 Å². The number of esters is 1. The van der Waals surface area contributed by atoms with Crippen LogP contribution in [-0.2, 0) is 5.60 Å². The Balaban J connectivity index is 1.70. The van der Waals surface area contributed by atoms with Crippen LogP contribution in [0.25, 0.3) is 0 Å². The Bertz CT molecular complexity index is 1270. The van der Waals surface area contributed by atoms with E-state index < -0.39 is 46.4 Å². The number of carbonyl (C=O) groups excluding carboxylic acids is 1. The van der Waals surface area contributed by atoms with Crippen LogP contribution in [0.5, 0.6) is 5.75 Å². The Morgan fingerprint density at radius 3 is 1.41 bits per heavy atom. The van der Waals surface area contributed by atoms with Crippen molar-refractivity contribution in [1.82, 2.24) is 0 Å². The lowest BCUT2D eigenvalue weighted by Crippen LogP contribution is -2.28. The van der Waals surface area contributed by atoms with Crippen molar-refractivity contribution < 1.29 is 36.6 Å². The first-order valence-corrected chi connectivity index (χ1v) is 9.92. The van der Waals surface area contributed by atoms with Gasteiger partial charge in [-0.15, -0.1) is 0 Å². The van der Waals surface area contributed by atoms with Gasteiger partial charge in [0.2, 0.25) is 34.8 Å². The van der Waals surface area contributed by atoms with E-state index in [1.54, 1.807) is 60.7 Å². The van der Waals surface area contributed by atoms with Crippen molar-refractivity contribution >= 4 is 5.97 Å². The van der Waals surface area contributed by atoms with Crippen LogP contribution in [0.4, 0.5) is 22.0 Å². The van der Waals surface area contributed by atoms with Gasteiger partial charge in [0.25, 0.3) is 0 Å². The molecule has 4 rings (SSSR count). The third-order valence-corrected chi connectivity index (χ3v) is 5.29. The molecule has 0 saturated carbocycles. The predicted molar refractivity (Wildman–Crippen MR) is 113 cm³/mol. The van der Waals surface area contributed by atoms with Gasteiger partial charge in [-0.25, -0.2) is 18.0 Å². The maximum Gasteiger partial charge on any atom is 0.343 e. The molecule has 0 aliphatic heterocycles. The molecular weight excluding hydrogens is 455 g/mol. The Labute approximate surface area is 190 Å². The maximum atomic E-state index is 13.8. The molecule has 0 radical (unpaired) electrons. The summed E-state index contributed by atoms with van der Waals surface area (Å²) in [6.07, 6.45) is 0. The molecule has 0 atom stereocenters. The molecule has 1 N–H and O–H groups in total. The molecule has 4 aromatic carbocycles. The molecule has 172 valence electrons. The van der Waals surface area contributed by atoms with Gasteiger partial charge < -0.3 is 9.84 Å². The topological polar surface area (TPSA) is 46.5 Å². The van der Waals surface area contributed by atoms with Gasteiger partial charge in [-0.2, -0.15) is 8.78 Å². The summed E-state index contributed by atoms with van der Waals surface area (Å²) in [4.78, 5) is 12.4. The zero-order chi connectivity index (χ0) is 24.5. The molecule has 3 nitrogen and oxygen atoms in total. The van der Waals surface area contributed by atoms with E-state index in [1.165, 1.54) is 24.3 Å². The van der Waals surface area contributed by atoms with Crippen LogP contribution in [0.2, 0.25) is 0 Å². The zero-order valence-electron chi connectivity index (χ0n) is 17.2. The Hall–Kier alpha value is -4.04. The fraction of sp³-hybridized carbons (Fsp3) is 0.0385. The van der Waals surface area contributed by atoms with Gasteiger partial charge in [0.1, 0.15) is 5.60 Å². The number of carbonyl (C=O) groups is 1. The standard InChI is InChI=1S/C26H15F5O3/c27-19-20(28)22(30)24(23(31)21(19)29)34-25(32)15-11-13-18(14-12-15)26(33,16-7-3-1-4-8-16)17-9-5-2-6-10-17/h1-14,33H. The summed E-state index contributed by atoms with van der Waals surface area (Å²) < 4.78 is 72.1. The molecule has 0 amide bonds. The average Bonchev–Trinajstić information content (AvgIpc) is 2.89. The monoisotopic (exact) mass is 470 g/mol. The molecule has 34 heavy (non-hydrogen) atoms. The van der Waals surface area contributed by atoms with E-state index in [4.69, 9.17) is 0 Å². The highest BCUT2D eigenvalue weighted by atomic mass is 19.2. The Kier molecular flexibility index (Phi) is 6.17. The van der Waals surface area contributed by atoms with Gasteiger partial charge in [0.05, 0.1) is 5.56 Å². The second kappa shape index (κ2) is 9.07. The molecule has 0 aliphatic rings. The molecule has 0 aromatic heterocycles. The van der Waals surface area contributed by atoms with Gasteiger partial charge in [0, 0.05) is 0 Å². The fourth-order valence-corrected chi connectivity index (χ4v) is 3.53. The van der Waals surface area contributed by atoms with Crippen LogP contribution in [0, 0.1) is 29.1 Å². The summed E-state index contributed by atoms with van der Waals surface area (Å²) >= 11 is 0. The third-order valence-electron chi connectivity index (χ3n) is 5.29. The molecule has 0 heterocycles. The summed E-state index contributed by atoms with van der Waals surface area (Å²) in [6, 6.07) is 22.7. The van der Waals surface area contributed by atoms with E-state index >= 15 is 0 Å². The van der Waals surface area contributed by atoms with Gasteiger partial charge in [0.15, 0.2) is 0 Å². The lowest BCUT2D eigenvalue weighted by molar-refractivity contribution is 0.0715. The van der Waals surface area contributed by atoms with Crippen LogP contribution in [0.1, 0.15) is 27.0 Å². The van der Waals surface area contributed by atoms with Crippen LogP contribution >= 0.6 is 0 Å². The number of aliphatic hydroxyl groups is 1. The molecule has 0 aliphatic carbocycles. The molecule has 0 bridgehead atoms. The van der Waals surface area contributed by atoms with Crippen molar-refractivity contribution in [3.8, 4) is 5.75 Å². The van der Waals surface area contributed by atoms with Crippen molar-refractivity contribution in [1.29, 1.82) is 0 Å². The number of hydrogen-bond acceptors (Lipinski definition) is 3. The van der Waals surface area contributed by atoms with Crippen molar-refractivity contribution in [2.75, 3.05) is 0 Å². The third kappa shape index (κ3) is 3.92. The van der Waals surface area contributed by atoms with Crippen LogP contribution in [-0.4, -0.2) is 11.1 Å². The van der Waals surface area contributed by atoms with Crippen molar-refractivity contribution in [2.24, 2.45) is 0 Å². The average molecular weight is 470 g/mol. The van der Waals surface area contributed by atoms with Gasteiger partial charge in [-0.1, -0.05) is 72.8 Å². The highest BCUT2D eigenvalue weighted by Crippen LogP contribution is 2.37. The van der Waals surface area contributed by atoms with Gasteiger partial charge in [-0.3, -0.25) is 0 Å². The molecule has 8 heteroatoms. The fourth-order valence-electron chi connectivity index (χ4n) is 3.53. The van der Waals surface area contributed by atoms with Crippen molar-refractivity contribution in [3.05, 3.63) is 136 Å². The van der Waals surface area contributed by atoms with E-state index in [0.717, 1.165) is 0 Å². The first-order valence-electron chi connectivity index (χ1n) is 9.92. The molecule has 4 aromatic rings. The SMILES string of the molecule is O=C(Oc1c(F)c(F)c(F)c(F)c1F)c1ccc(C(O)(c2ccccc2)c2ccccc2)cc1. The number of rotatable bonds is 5. The van der Waals surface area contributed by atoms with Crippen molar-refractivity contribution in [2.45, 2.75) is 5.60 Å². The second-order valence-corrected chi connectivity index (χ2v) is 7.31. The molecular formula is C26H15F5O3. The van der Waals surface area contributed by atoms with E-state index in [9.17, 15) is 31.9 Å².